The number of aryl methyl sites for hydroxylation is 2. The van der Waals surface area contributed by atoms with Crippen molar-refractivity contribution >= 4 is 5.91 Å². The maximum absolute atomic E-state index is 13.0. The minimum Gasteiger partial charge on any atom is -0.376 e. The van der Waals surface area contributed by atoms with Gasteiger partial charge in [0.2, 0.25) is 0 Å². The van der Waals surface area contributed by atoms with E-state index in [0.29, 0.717) is 6.54 Å². The highest BCUT2D eigenvalue weighted by molar-refractivity contribution is 5.96. The summed E-state index contributed by atoms with van der Waals surface area (Å²) < 4.78 is 7.56. The molecule has 1 aliphatic rings. The summed E-state index contributed by atoms with van der Waals surface area (Å²) in [4.78, 5) is 13.0. The SMILES string of the molecule is CCCc1nn(-c2ccc(C)cc2)c(CC)c1C(=O)NC[C@H]1CCCO1. The molecule has 1 atom stereocenters. The third-order valence-corrected chi connectivity index (χ3v) is 4.90. The van der Waals surface area contributed by atoms with Crippen LogP contribution in [0.5, 0.6) is 0 Å². The van der Waals surface area contributed by atoms with Gasteiger partial charge < -0.3 is 10.1 Å². The largest absolute Gasteiger partial charge is 0.376 e. The van der Waals surface area contributed by atoms with Crippen molar-refractivity contribution in [1.29, 1.82) is 0 Å². The molecular weight excluding hydrogens is 326 g/mol. The molecule has 1 fully saturated rings. The van der Waals surface area contributed by atoms with Crippen LogP contribution in [0.3, 0.4) is 0 Å². The first kappa shape index (κ1) is 18.6. The minimum absolute atomic E-state index is 0.0286. The molecule has 0 saturated carbocycles. The number of hydrogen-bond donors (Lipinski definition) is 1. The van der Waals surface area contributed by atoms with Gasteiger partial charge in [-0.05, 0) is 44.7 Å². The standard InChI is InChI=1S/C21H29N3O2/c1-4-7-18-20(21(25)22-14-17-8-6-13-26-17)19(5-2)24(23-18)16-11-9-15(3)10-12-16/h9-12,17H,4-8,13-14H2,1-3H3,(H,22,25)/t17-/m1/s1. The zero-order valence-electron chi connectivity index (χ0n) is 16.0. The summed E-state index contributed by atoms with van der Waals surface area (Å²) in [6, 6.07) is 8.27. The van der Waals surface area contributed by atoms with E-state index in [2.05, 4.69) is 50.4 Å². The first-order valence-corrected chi connectivity index (χ1v) is 9.71. The van der Waals surface area contributed by atoms with Crippen molar-refractivity contribution in [2.45, 2.75) is 59.0 Å². The summed E-state index contributed by atoms with van der Waals surface area (Å²) in [5.74, 6) is -0.0286. The average Bonchev–Trinajstić information content (AvgIpc) is 3.28. The predicted molar refractivity (Wildman–Crippen MR) is 103 cm³/mol. The number of ether oxygens (including phenoxy) is 1. The highest BCUT2D eigenvalue weighted by atomic mass is 16.5. The fraction of sp³-hybridized carbons (Fsp3) is 0.524. The van der Waals surface area contributed by atoms with Gasteiger partial charge in [-0.1, -0.05) is 38.0 Å². The fourth-order valence-corrected chi connectivity index (χ4v) is 3.50. The second kappa shape index (κ2) is 8.49. The fourth-order valence-electron chi connectivity index (χ4n) is 3.50. The summed E-state index contributed by atoms with van der Waals surface area (Å²) in [5.41, 5.74) is 4.81. The van der Waals surface area contributed by atoms with Crippen molar-refractivity contribution in [2.75, 3.05) is 13.2 Å². The molecule has 26 heavy (non-hydrogen) atoms. The predicted octanol–water partition coefficient (Wildman–Crippen LogP) is 3.60. The number of nitrogens with one attached hydrogen (secondary N) is 1. The van der Waals surface area contributed by atoms with E-state index < -0.39 is 0 Å². The van der Waals surface area contributed by atoms with Crippen molar-refractivity contribution in [2.24, 2.45) is 0 Å². The van der Waals surface area contributed by atoms with Crippen LogP contribution >= 0.6 is 0 Å². The Hall–Kier alpha value is -2.14. The average molecular weight is 355 g/mol. The molecule has 5 heteroatoms. The molecular formula is C21H29N3O2. The molecule has 0 spiro atoms. The van der Waals surface area contributed by atoms with E-state index in [1.165, 1.54) is 5.56 Å². The van der Waals surface area contributed by atoms with Crippen LogP contribution in [0.15, 0.2) is 24.3 Å². The van der Waals surface area contributed by atoms with Crippen LogP contribution in [0.1, 0.15) is 60.4 Å². The molecule has 140 valence electrons. The number of carbonyl (C=O) groups excluding carboxylic acids is 1. The van der Waals surface area contributed by atoms with Crippen molar-refractivity contribution < 1.29 is 9.53 Å². The molecule has 1 aliphatic heterocycles. The lowest BCUT2D eigenvalue weighted by molar-refractivity contribution is 0.0856. The molecule has 5 nitrogen and oxygen atoms in total. The molecule has 3 rings (SSSR count). The molecule has 2 aromatic rings. The number of rotatable bonds is 7. The molecule has 1 N–H and O–H groups in total. The number of carbonyl (C=O) groups is 1. The summed E-state index contributed by atoms with van der Waals surface area (Å²) in [5, 5.41) is 7.87. The molecule has 0 radical (unpaired) electrons. The Morgan fingerprint density at radius 2 is 2.08 bits per heavy atom. The summed E-state index contributed by atoms with van der Waals surface area (Å²) >= 11 is 0. The topological polar surface area (TPSA) is 56.2 Å². The lowest BCUT2D eigenvalue weighted by Gasteiger charge is -2.12. The first-order valence-electron chi connectivity index (χ1n) is 9.71. The van der Waals surface area contributed by atoms with Gasteiger partial charge in [-0.2, -0.15) is 5.10 Å². The molecule has 0 unspecified atom stereocenters. The van der Waals surface area contributed by atoms with E-state index in [1.807, 2.05) is 4.68 Å². The van der Waals surface area contributed by atoms with Crippen LogP contribution in [-0.2, 0) is 17.6 Å². The third-order valence-electron chi connectivity index (χ3n) is 4.90. The Morgan fingerprint density at radius 3 is 2.69 bits per heavy atom. The normalized spacial score (nSPS) is 16.8. The van der Waals surface area contributed by atoms with Crippen molar-refractivity contribution in [3.05, 3.63) is 46.8 Å². The summed E-state index contributed by atoms with van der Waals surface area (Å²) in [6.45, 7) is 7.63. The van der Waals surface area contributed by atoms with Crippen LogP contribution in [0, 0.1) is 6.92 Å². The molecule has 1 aromatic heterocycles. The van der Waals surface area contributed by atoms with E-state index in [9.17, 15) is 4.79 Å². The van der Waals surface area contributed by atoms with Crippen molar-refractivity contribution in [1.82, 2.24) is 15.1 Å². The third kappa shape index (κ3) is 3.98. The molecule has 2 heterocycles. The lowest BCUT2D eigenvalue weighted by atomic mass is 10.1. The monoisotopic (exact) mass is 355 g/mol. The smallest absolute Gasteiger partial charge is 0.255 e. The number of amides is 1. The lowest BCUT2D eigenvalue weighted by Crippen LogP contribution is -2.32. The molecule has 1 saturated heterocycles. The molecule has 0 bridgehead atoms. The first-order chi connectivity index (χ1) is 12.6. The minimum atomic E-state index is -0.0286. The van der Waals surface area contributed by atoms with Crippen LogP contribution in [0.4, 0.5) is 0 Å². The highest BCUT2D eigenvalue weighted by Crippen LogP contribution is 2.22. The summed E-state index contributed by atoms with van der Waals surface area (Å²) in [7, 11) is 0. The Bertz CT molecular complexity index is 743. The van der Waals surface area contributed by atoms with E-state index in [0.717, 1.165) is 61.3 Å². The van der Waals surface area contributed by atoms with Gasteiger partial charge >= 0.3 is 0 Å². The van der Waals surface area contributed by atoms with Gasteiger partial charge in [0.15, 0.2) is 0 Å². The van der Waals surface area contributed by atoms with Crippen molar-refractivity contribution in [3.8, 4) is 5.69 Å². The highest BCUT2D eigenvalue weighted by Gasteiger charge is 2.24. The Kier molecular flexibility index (Phi) is 6.09. The molecule has 1 aromatic carbocycles. The molecule has 1 amide bonds. The van der Waals surface area contributed by atoms with Gasteiger partial charge in [-0.15, -0.1) is 0 Å². The maximum Gasteiger partial charge on any atom is 0.255 e. The zero-order chi connectivity index (χ0) is 18.5. The second-order valence-corrected chi connectivity index (χ2v) is 6.96. The van der Waals surface area contributed by atoms with Gasteiger partial charge in [0.1, 0.15) is 0 Å². The van der Waals surface area contributed by atoms with Crippen LogP contribution in [0.2, 0.25) is 0 Å². The van der Waals surface area contributed by atoms with Gasteiger partial charge in [0.25, 0.3) is 5.91 Å². The van der Waals surface area contributed by atoms with E-state index in [-0.39, 0.29) is 12.0 Å². The second-order valence-electron chi connectivity index (χ2n) is 6.96. The molecule has 0 aliphatic carbocycles. The zero-order valence-corrected chi connectivity index (χ0v) is 16.0. The Morgan fingerprint density at radius 1 is 1.31 bits per heavy atom. The maximum atomic E-state index is 13.0. The van der Waals surface area contributed by atoms with E-state index >= 15 is 0 Å². The summed E-state index contributed by atoms with van der Waals surface area (Å²) in [6.07, 6.45) is 4.76. The number of aromatic nitrogens is 2. The van der Waals surface area contributed by atoms with Gasteiger partial charge in [0.05, 0.1) is 28.7 Å². The quantitative estimate of drug-likeness (QED) is 0.825. The van der Waals surface area contributed by atoms with Crippen LogP contribution in [-0.4, -0.2) is 34.9 Å². The van der Waals surface area contributed by atoms with E-state index in [1.54, 1.807) is 0 Å². The Balaban J connectivity index is 1.91. The van der Waals surface area contributed by atoms with E-state index in [4.69, 9.17) is 9.84 Å². The van der Waals surface area contributed by atoms with Crippen LogP contribution < -0.4 is 5.32 Å². The number of hydrogen-bond acceptors (Lipinski definition) is 3. The number of benzene rings is 1. The number of nitrogens with zero attached hydrogens (tertiary/aromatic N) is 2. The van der Waals surface area contributed by atoms with Crippen molar-refractivity contribution in [3.63, 3.8) is 0 Å². The van der Waals surface area contributed by atoms with Gasteiger partial charge in [-0.3, -0.25) is 4.79 Å². The van der Waals surface area contributed by atoms with Gasteiger partial charge in [0, 0.05) is 13.2 Å². The Labute approximate surface area is 155 Å². The van der Waals surface area contributed by atoms with Crippen LogP contribution in [0.25, 0.3) is 5.69 Å². The van der Waals surface area contributed by atoms with Gasteiger partial charge in [-0.25, -0.2) is 4.68 Å².